The first-order chi connectivity index (χ1) is 8.78. The van der Waals surface area contributed by atoms with Gasteiger partial charge in [-0.25, -0.2) is 4.39 Å². The van der Waals surface area contributed by atoms with E-state index in [9.17, 15) is 4.39 Å². The molecule has 1 saturated heterocycles. The van der Waals surface area contributed by atoms with Gasteiger partial charge in [-0.15, -0.1) is 0 Å². The molecule has 1 aliphatic rings. The Morgan fingerprint density at radius 1 is 1.44 bits per heavy atom. The maximum absolute atomic E-state index is 13.4. The molecule has 3 nitrogen and oxygen atoms in total. The fourth-order valence-corrected chi connectivity index (χ4v) is 1.82. The minimum atomic E-state index is -0.305. The highest BCUT2D eigenvalue weighted by Gasteiger charge is 2.15. The quantitative estimate of drug-likeness (QED) is 0.824. The highest BCUT2D eigenvalue weighted by atomic mass is 19.1. The Morgan fingerprint density at radius 2 is 2.33 bits per heavy atom. The first kappa shape index (κ1) is 13.0. The molecule has 2 N–H and O–H groups in total. The molecule has 0 aromatic heterocycles. The maximum atomic E-state index is 13.4. The highest BCUT2D eigenvalue weighted by molar-refractivity contribution is 5.37. The van der Waals surface area contributed by atoms with Crippen molar-refractivity contribution in [3.8, 4) is 11.8 Å². The van der Waals surface area contributed by atoms with E-state index in [1.54, 1.807) is 0 Å². The van der Waals surface area contributed by atoms with Gasteiger partial charge in [-0.3, -0.25) is 0 Å². The lowest BCUT2D eigenvalue weighted by atomic mass is 10.1. The molecule has 2 rings (SSSR count). The van der Waals surface area contributed by atoms with Crippen LogP contribution in [0, 0.1) is 17.7 Å². The molecule has 1 aliphatic heterocycles. The van der Waals surface area contributed by atoms with Crippen molar-refractivity contribution in [1.82, 2.24) is 0 Å². The summed E-state index contributed by atoms with van der Waals surface area (Å²) in [7, 11) is 0. The van der Waals surface area contributed by atoms with Crippen LogP contribution in [0.1, 0.15) is 17.5 Å². The standard InChI is InChI=1S/C14H16FNO2/c15-13-7-11(2-1-4-16)6-12(8-13)9-18-14-3-5-17-10-14/h6-8,14H,3-5,9-10,16H2. The van der Waals surface area contributed by atoms with Gasteiger partial charge in [-0.2, -0.15) is 0 Å². The van der Waals surface area contributed by atoms with Gasteiger partial charge in [0.2, 0.25) is 0 Å². The molecule has 1 fully saturated rings. The minimum Gasteiger partial charge on any atom is -0.379 e. The number of rotatable bonds is 3. The largest absolute Gasteiger partial charge is 0.379 e. The van der Waals surface area contributed by atoms with Gasteiger partial charge in [0.15, 0.2) is 0 Å². The van der Waals surface area contributed by atoms with Gasteiger partial charge < -0.3 is 15.2 Å². The predicted octanol–water partition coefficient (Wildman–Crippen LogP) is 1.44. The Labute approximate surface area is 106 Å². The summed E-state index contributed by atoms with van der Waals surface area (Å²) in [5.74, 6) is 5.22. The van der Waals surface area contributed by atoms with Crippen LogP contribution in [0.4, 0.5) is 4.39 Å². The van der Waals surface area contributed by atoms with Crippen molar-refractivity contribution in [3.05, 3.63) is 35.1 Å². The zero-order valence-corrected chi connectivity index (χ0v) is 10.1. The Kier molecular flexibility index (Phi) is 4.71. The molecular weight excluding hydrogens is 233 g/mol. The zero-order chi connectivity index (χ0) is 12.8. The third-order valence-electron chi connectivity index (χ3n) is 2.67. The van der Waals surface area contributed by atoms with Crippen molar-refractivity contribution in [2.75, 3.05) is 19.8 Å². The van der Waals surface area contributed by atoms with Crippen molar-refractivity contribution in [3.63, 3.8) is 0 Å². The second kappa shape index (κ2) is 6.50. The fourth-order valence-electron chi connectivity index (χ4n) is 1.82. The van der Waals surface area contributed by atoms with E-state index in [-0.39, 0.29) is 18.5 Å². The van der Waals surface area contributed by atoms with Crippen LogP contribution in [0.5, 0.6) is 0 Å². The van der Waals surface area contributed by atoms with E-state index in [1.807, 2.05) is 6.07 Å². The summed E-state index contributed by atoms with van der Waals surface area (Å²) in [6.07, 6.45) is 1.02. The van der Waals surface area contributed by atoms with Crippen LogP contribution in [0.3, 0.4) is 0 Å². The summed E-state index contributed by atoms with van der Waals surface area (Å²) in [6, 6.07) is 4.68. The molecule has 0 saturated carbocycles. The van der Waals surface area contributed by atoms with Crippen molar-refractivity contribution in [2.24, 2.45) is 5.73 Å². The summed E-state index contributed by atoms with van der Waals surface area (Å²) in [6.45, 7) is 2.00. The SMILES string of the molecule is NCC#Cc1cc(F)cc(COC2CCOC2)c1. The monoisotopic (exact) mass is 249 g/mol. The smallest absolute Gasteiger partial charge is 0.124 e. The van der Waals surface area contributed by atoms with E-state index < -0.39 is 0 Å². The Bertz CT molecular complexity index is 459. The van der Waals surface area contributed by atoms with Crippen molar-refractivity contribution in [1.29, 1.82) is 0 Å². The van der Waals surface area contributed by atoms with Crippen LogP contribution in [0.15, 0.2) is 18.2 Å². The second-order valence-corrected chi connectivity index (χ2v) is 4.15. The second-order valence-electron chi connectivity index (χ2n) is 4.15. The van der Waals surface area contributed by atoms with E-state index >= 15 is 0 Å². The molecule has 1 unspecified atom stereocenters. The minimum absolute atomic E-state index is 0.117. The van der Waals surface area contributed by atoms with Gasteiger partial charge in [-0.1, -0.05) is 11.8 Å². The first-order valence-electron chi connectivity index (χ1n) is 5.95. The summed E-state index contributed by atoms with van der Waals surface area (Å²) in [5, 5.41) is 0. The molecule has 0 bridgehead atoms. The number of ether oxygens (including phenoxy) is 2. The van der Waals surface area contributed by atoms with Crippen LogP contribution in [-0.4, -0.2) is 25.9 Å². The maximum Gasteiger partial charge on any atom is 0.124 e. The zero-order valence-electron chi connectivity index (χ0n) is 10.1. The van der Waals surface area contributed by atoms with Crippen molar-refractivity contribution >= 4 is 0 Å². The number of halogens is 1. The van der Waals surface area contributed by atoms with Gasteiger partial charge in [0.25, 0.3) is 0 Å². The van der Waals surface area contributed by atoms with Gasteiger partial charge in [0.1, 0.15) is 5.82 Å². The lowest BCUT2D eigenvalue weighted by Gasteiger charge is -2.10. The van der Waals surface area contributed by atoms with Gasteiger partial charge >= 0.3 is 0 Å². The third-order valence-corrected chi connectivity index (χ3v) is 2.67. The van der Waals surface area contributed by atoms with Crippen LogP contribution >= 0.6 is 0 Å². The Morgan fingerprint density at radius 3 is 3.06 bits per heavy atom. The summed E-state index contributed by atoms with van der Waals surface area (Å²) in [4.78, 5) is 0. The van der Waals surface area contributed by atoms with E-state index in [2.05, 4.69) is 11.8 Å². The summed E-state index contributed by atoms with van der Waals surface area (Å²) >= 11 is 0. The lowest BCUT2D eigenvalue weighted by molar-refractivity contribution is 0.0316. The molecule has 1 atom stereocenters. The van der Waals surface area contributed by atoms with Crippen LogP contribution in [0.25, 0.3) is 0 Å². The Hall–Kier alpha value is -1.41. The molecule has 0 amide bonds. The number of hydrogen-bond acceptors (Lipinski definition) is 3. The van der Waals surface area contributed by atoms with Crippen LogP contribution in [-0.2, 0) is 16.1 Å². The van der Waals surface area contributed by atoms with E-state index in [4.69, 9.17) is 15.2 Å². The average Bonchev–Trinajstić information content (AvgIpc) is 2.86. The van der Waals surface area contributed by atoms with E-state index in [0.717, 1.165) is 18.6 Å². The fraction of sp³-hybridized carbons (Fsp3) is 0.429. The molecule has 18 heavy (non-hydrogen) atoms. The molecular formula is C14H16FNO2. The van der Waals surface area contributed by atoms with Crippen LogP contribution < -0.4 is 5.73 Å². The number of benzene rings is 1. The normalized spacial score (nSPS) is 18.4. The van der Waals surface area contributed by atoms with Gasteiger partial charge in [-0.05, 0) is 30.2 Å². The molecule has 1 aromatic carbocycles. The molecule has 1 heterocycles. The molecule has 0 spiro atoms. The van der Waals surface area contributed by atoms with Gasteiger partial charge in [0.05, 0.1) is 25.9 Å². The molecule has 4 heteroatoms. The number of hydrogen-bond donors (Lipinski definition) is 1. The van der Waals surface area contributed by atoms with E-state index in [1.165, 1.54) is 12.1 Å². The van der Waals surface area contributed by atoms with Crippen molar-refractivity contribution < 1.29 is 13.9 Å². The average molecular weight is 249 g/mol. The van der Waals surface area contributed by atoms with Crippen LogP contribution in [0.2, 0.25) is 0 Å². The molecule has 1 aromatic rings. The summed E-state index contributed by atoms with van der Waals surface area (Å²) < 4.78 is 24.2. The summed E-state index contributed by atoms with van der Waals surface area (Å²) in [5.41, 5.74) is 6.70. The lowest BCUT2D eigenvalue weighted by Crippen LogP contribution is -2.12. The van der Waals surface area contributed by atoms with E-state index in [0.29, 0.717) is 18.8 Å². The topological polar surface area (TPSA) is 44.5 Å². The highest BCUT2D eigenvalue weighted by Crippen LogP contribution is 2.14. The van der Waals surface area contributed by atoms with Crippen molar-refractivity contribution in [2.45, 2.75) is 19.1 Å². The molecule has 0 radical (unpaired) electrons. The first-order valence-corrected chi connectivity index (χ1v) is 5.95. The number of nitrogens with two attached hydrogens (primary N) is 1. The Balaban J connectivity index is 2.00. The molecule has 0 aliphatic carbocycles. The third kappa shape index (κ3) is 3.81. The van der Waals surface area contributed by atoms with Gasteiger partial charge in [0, 0.05) is 12.2 Å². The molecule has 96 valence electrons. The predicted molar refractivity (Wildman–Crippen MR) is 66.3 cm³/mol.